The van der Waals surface area contributed by atoms with E-state index in [9.17, 15) is 0 Å². The molecule has 1 atom stereocenters. The SMILES string of the molecule is CC[C@H](C)c1cc(N)n[nH]1. The summed E-state index contributed by atoms with van der Waals surface area (Å²) < 4.78 is 0. The van der Waals surface area contributed by atoms with E-state index in [1.807, 2.05) is 6.07 Å². The molecule has 1 aromatic heterocycles. The van der Waals surface area contributed by atoms with Crippen molar-refractivity contribution in [1.82, 2.24) is 10.2 Å². The third kappa shape index (κ3) is 1.29. The van der Waals surface area contributed by atoms with Crippen LogP contribution >= 0.6 is 0 Å². The van der Waals surface area contributed by atoms with Crippen LogP contribution < -0.4 is 5.73 Å². The van der Waals surface area contributed by atoms with Gasteiger partial charge < -0.3 is 5.73 Å². The second-order valence-corrected chi connectivity index (χ2v) is 2.56. The normalized spacial score (nSPS) is 13.4. The highest BCUT2D eigenvalue weighted by Gasteiger charge is 2.04. The quantitative estimate of drug-likeness (QED) is 0.652. The molecule has 0 bridgehead atoms. The molecular weight excluding hydrogens is 126 g/mol. The van der Waals surface area contributed by atoms with E-state index in [1.165, 1.54) is 0 Å². The van der Waals surface area contributed by atoms with E-state index >= 15 is 0 Å². The van der Waals surface area contributed by atoms with E-state index in [4.69, 9.17) is 5.73 Å². The lowest BCUT2D eigenvalue weighted by atomic mass is 10.1. The number of nitrogen functional groups attached to an aromatic ring is 1. The largest absolute Gasteiger partial charge is 0.382 e. The minimum atomic E-state index is 0.532. The summed E-state index contributed by atoms with van der Waals surface area (Å²) in [5.74, 6) is 1.11. The molecule has 3 heteroatoms. The number of H-pyrrole nitrogens is 1. The van der Waals surface area contributed by atoms with Gasteiger partial charge in [0.15, 0.2) is 0 Å². The van der Waals surface area contributed by atoms with Crippen LogP contribution in [0.2, 0.25) is 0 Å². The molecule has 0 saturated heterocycles. The van der Waals surface area contributed by atoms with Crippen molar-refractivity contribution < 1.29 is 0 Å². The average Bonchev–Trinajstić information content (AvgIpc) is 2.34. The molecule has 10 heavy (non-hydrogen) atoms. The molecule has 0 aromatic carbocycles. The van der Waals surface area contributed by atoms with Gasteiger partial charge >= 0.3 is 0 Å². The fourth-order valence-corrected chi connectivity index (χ4v) is 0.825. The molecule has 0 aliphatic carbocycles. The Labute approximate surface area is 60.6 Å². The number of nitrogens with one attached hydrogen (secondary N) is 1. The van der Waals surface area contributed by atoms with Crippen LogP contribution in [0.25, 0.3) is 0 Å². The van der Waals surface area contributed by atoms with Crippen LogP contribution in [0, 0.1) is 0 Å². The van der Waals surface area contributed by atoms with Crippen molar-refractivity contribution in [3.63, 3.8) is 0 Å². The van der Waals surface area contributed by atoms with Crippen LogP contribution in [0.3, 0.4) is 0 Å². The van der Waals surface area contributed by atoms with Gasteiger partial charge in [-0.1, -0.05) is 13.8 Å². The van der Waals surface area contributed by atoms with Crippen LogP contribution in [0.4, 0.5) is 5.82 Å². The van der Waals surface area contributed by atoms with Crippen LogP contribution in [0.5, 0.6) is 0 Å². The fourth-order valence-electron chi connectivity index (χ4n) is 0.825. The number of rotatable bonds is 2. The van der Waals surface area contributed by atoms with E-state index in [0.29, 0.717) is 11.7 Å². The number of aromatic amines is 1. The van der Waals surface area contributed by atoms with E-state index in [-0.39, 0.29) is 0 Å². The van der Waals surface area contributed by atoms with E-state index in [2.05, 4.69) is 24.0 Å². The van der Waals surface area contributed by atoms with Gasteiger partial charge in [-0.25, -0.2) is 0 Å². The number of nitrogens with zero attached hydrogens (tertiary/aromatic N) is 1. The van der Waals surface area contributed by atoms with E-state index < -0.39 is 0 Å². The van der Waals surface area contributed by atoms with Gasteiger partial charge in [-0.3, -0.25) is 5.10 Å². The molecule has 0 spiro atoms. The summed E-state index contributed by atoms with van der Waals surface area (Å²) in [6.45, 7) is 4.29. The highest BCUT2D eigenvalue weighted by molar-refractivity contribution is 5.29. The van der Waals surface area contributed by atoms with Gasteiger partial charge in [0, 0.05) is 11.8 Å². The molecule has 0 amide bonds. The molecule has 0 aliphatic heterocycles. The summed E-state index contributed by atoms with van der Waals surface area (Å²) in [7, 11) is 0. The molecule has 1 rings (SSSR count). The number of nitrogens with two attached hydrogens (primary N) is 1. The monoisotopic (exact) mass is 139 g/mol. The summed E-state index contributed by atoms with van der Waals surface area (Å²) in [4.78, 5) is 0. The molecule has 0 aliphatic rings. The van der Waals surface area contributed by atoms with Crippen LogP contribution in [0.1, 0.15) is 31.9 Å². The maximum atomic E-state index is 5.43. The van der Waals surface area contributed by atoms with Crippen LogP contribution in [-0.2, 0) is 0 Å². The van der Waals surface area contributed by atoms with Crippen molar-refractivity contribution >= 4 is 5.82 Å². The topological polar surface area (TPSA) is 54.7 Å². The Kier molecular flexibility index (Phi) is 1.94. The van der Waals surface area contributed by atoms with Gasteiger partial charge in [0.2, 0.25) is 0 Å². The molecule has 0 saturated carbocycles. The summed E-state index contributed by atoms with van der Waals surface area (Å²) >= 11 is 0. The minimum absolute atomic E-state index is 0.532. The molecule has 0 unspecified atom stereocenters. The van der Waals surface area contributed by atoms with Crippen molar-refractivity contribution in [1.29, 1.82) is 0 Å². The predicted octanol–water partition coefficient (Wildman–Crippen LogP) is 1.51. The van der Waals surface area contributed by atoms with Crippen molar-refractivity contribution in [3.8, 4) is 0 Å². The third-order valence-corrected chi connectivity index (χ3v) is 1.76. The van der Waals surface area contributed by atoms with Crippen molar-refractivity contribution in [2.45, 2.75) is 26.2 Å². The third-order valence-electron chi connectivity index (χ3n) is 1.76. The first-order chi connectivity index (χ1) is 4.74. The first-order valence-electron chi connectivity index (χ1n) is 3.54. The number of hydrogen-bond donors (Lipinski definition) is 2. The Balaban J connectivity index is 2.74. The Morgan fingerprint density at radius 2 is 2.50 bits per heavy atom. The van der Waals surface area contributed by atoms with Crippen LogP contribution in [-0.4, -0.2) is 10.2 Å². The Morgan fingerprint density at radius 1 is 1.80 bits per heavy atom. The average molecular weight is 139 g/mol. The zero-order valence-electron chi connectivity index (χ0n) is 6.39. The van der Waals surface area contributed by atoms with Crippen molar-refractivity contribution in [3.05, 3.63) is 11.8 Å². The molecule has 3 N–H and O–H groups in total. The summed E-state index contributed by atoms with van der Waals surface area (Å²) in [5.41, 5.74) is 6.55. The summed E-state index contributed by atoms with van der Waals surface area (Å²) in [6.07, 6.45) is 1.11. The molecule has 0 fully saturated rings. The van der Waals surface area contributed by atoms with Crippen LogP contribution in [0.15, 0.2) is 6.07 Å². The number of aromatic nitrogens is 2. The molecule has 3 nitrogen and oxygen atoms in total. The van der Waals surface area contributed by atoms with E-state index in [1.54, 1.807) is 0 Å². The van der Waals surface area contributed by atoms with Gasteiger partial charge in [0.1, 0.15) is 5.82 Å². The Morgan fingerprint density at radius 3 is 2.90 bits per heavy atom. The Hall–Kier alpha value is -0.990. The van der Waals surface area contributed by atoms with E-state index in [0.717, 1.165) is 12.1 Å². The van der Waals surface area contributed by atoms with Gasteiger partial charge in [0.25, 0.3) is 0 Å². The molecule has 56 valence electrons. The minimum Gasteiger partial charge on any atom is -0.382 e. The number of hydrogen-bond acceptors (Lipinski definition) is 2. The zero-order valence-corrected chi connectivity index (χ0v) is 6.39. The molecule has 0 radical (unpaired) electrons. The smallest absolute Gasteiger partial charge is 0.145 e. The van der Waals surface area contributed by atoms with Gasteiger partial charge in [-0.15, -0.1) is 0 Å². The standard InChI is InChI=1S/C7H13N3/c1-3-5(2)6-4-7(8)10-9-6/h4-5H,3H2,1-2H3,(H3,8,9,10)/t5-/m0/s1. The van der Waals surface area contributed by atoms with Crippen molar-refractivity contribution in [2.75, 3.05) is 5.73 Å². The highest BCUT2D eigenvalue weighted by atomic mass is 15.2. The van der Waals surface area contributed by atoms with Crippen molar-refractivity contribution in [2.24, 2.45) is 0 Å². The summed E-state index contributed by atoms with van der Waals surface area (Å²) in [6, 6.07) is 1.88. The molecule has 1 heterocycles. The first kappa shape index (κ1) is 7.12. The maximum Gasteiger partial charge on any atom is 0.145 e. The number of anilines is 1. The van der Waals surface area contributed by atoms with Gasteiger partial charge in [-0.05, 0) is 12.3 Å². The second-order valence-electron chi connectivity index (χ2n) is 2.56. The molecule has 1 aromatic rings. The lowest BCUT2D eigenvalue weighted by Gasteiger charge is -2.02. The molecular formula is C7H13N3. The summed E-state index contributed by atoms with van der Waals surface area (Å²) in [5, 5.41) is 6.72. The lowest BCUT2D eigenvalue weighted by molar-refractivity contribution is 0.703. The fraction of sp³-hybridized carbons (Fsp3) is 0.571. The lowest BCUT2D eigenvalue weighted by Crippen LogP contribution is -1.90. The maximum absolute atomic E-state index is 5.43. The first-order valence-corrected chi connectivity index (χ1v) is 3.54. The predicted molar refractivity (Wildman–Crippen MR) is 41.7 cm³/mol. The highest BCUT2D eigenvalue weighted by Crippen LogP contribution is 2.16. The Bertz CT molecular complexity index is 204. The van der Waals surface area contributed by atoms with Gasteiger partial charge in [-0.2, -0.15) is 5.10 Å². The van der Waals surface area contributed by atoms with Gasteiger partial charge in [0.05, 0.1) is 0 Å². The zero-order chi connectivity index (χ0) is 7.56. The second kappa shape index (κ2) is 2.73.